The number of methoxy groups -OCH3 is 1. The van der Waals surface area contributed by atoms with Gasteiger partial charge >= 0.3 is 0 Å². The van der Waals surface area contributed by atoms with E-state index in [2.05, 4.69) is 47.2 Å². The molecule has 0 aliphatic rings. The fourth-order valence-electron chi connectivity index (χ4n) is 2.21. The number of halogens is 1. The maximum absolute atomic E-state index is 5.75. The Bertz CT molecular complexity index is 590. The molecule has 0 aliphatic carbocycles. The van der Waals surface area contributed by atoms with Crippen molar-refractivity contribution in [2.24, 2.45) is 0 Å². The molecule has 0 saturated heterocycles. The van der Waals surface area contributed by atoms with Gasteiger partial charge in [0.25, 0.3) is 0 Å². The lowest BCUT2D eigenvalue weighted by Crippen LogP contribution is -2.13. The van der Waals surface area contributed by atoms with Crippen LogP contribution in [-0.2, 0) is 0 Å². The molecule has 112 valence electrons. The van der Waals surface area contributed by atoms with Crippen LogP contribution in [0.4, 0.5) is 5.69 Å². The molecule has 3 nitrogen and oxygen atoms in total. The number of nitrogens with one attached hydrogen (secondary N) is 1. The van der Waals surface area contributed by atoms with Crippen LogP contribution in [0.2, 0.25) is 0 Å². The Morgan fingerprint density at radius 3 is 2.48 bits per heavy atom. The quantitative estimate of drug-likeness (QED) is 0.775. The number of ether oxygens (including phenoxy) is 2. The zero-order chi connectivity index (χ0) is 15.2. The lowest BCUT2D eigenvalue weighted by molar-refractivity contribution is 0.306. The molecule has 0 aromatic heterocycles. The standard InChI is InChI=1S/C17H20BrNO2/c1-12-10-13(2)17(14(18)11-12)19-8-9-21-16-7-5-4-6-15(16)20-3/h4-7,10-11,19H,8-9H2,1-3H3. The van der Waals surface area contributed by atoms with E-state index in [1.165, 1.54) is 11.1 Å². The van der Waals surface area contributed by atoms with Crippen LogP contribution in [0.1, 0.15) is 11.1 Å². The Labute approximate surface area is 134 Å². The molecule has 4 heteroatoms. The van der Waals surface area contributed by atoms with Crippen molar-refractivity contribution in [3.63, 3.8) is 0 Å². The van der Waals surface area contributed by atoms with Gasteiger partial charge in [-0.05, 0) is 59.1 Å². The van der Waals surface area contributed by atoms with Gasteiger partial charge in [0.1, 0.15) is 6.61 Å². The monoisotopic (exact) mass is 349 g/mol. The predicted octanol–water partition coefficient (Wildman–Crippen LogP) is 4.57. The van der Waals surface area contributed by atoms with Crippen LogP contribution < -0.4 is 14.8 Å². The normalized spacial score (nSPS) is 10.3. The molecule has 0 aliphatic heterocycles. The summed E-state index contributed by atoms with van der Waals surface area (Å²) >= 11 is 3.59. The van der Waals surface area contributed by atoms with E-state index in [0.29, 0.717) is 6.61 Å². The minimum atomic E-state index is 0.570. The van der Waals surface area contributed by atoms with Crippen LogP contribution in [-0.4, -0.2) is 20.3 Å². The number of hydrogen-bond acceptors (Lipinski definition) is 3. The molecule has 0 unspecified atom stereocenters. The van der Waals surface area contributed by atoms with Crippen LogP contribution in [0, 0.1) is 13.8 Å². The van der Waals surface area contributed by atoms with Crippen molar-refractivity contribution in [3.8, 4) is 11.5 Å². The number of rotatable bonds is 6. The number of para-hydroxylation sites is 2. The van der Waals surface area contributed by atoms with Gasteiger partial charge in [0.05, 0.1) is 12.8 Å². The summed E-state index contributed by atoms with van der Waals surface area (Å²) < 4.78 is 12.1. The van der Waals surface area contributed by atoms with Gasteiger partial charge in [0.2, 0.25) is 0 Å². The summed E-state index contributed by atoms with van der Waals surface area (Å²) in [6, 6.07) is 11.9. The highest BCUT2D eigenvalue weighted by Gasteiger charge is 2.05. The van der Waals surface area contributed by atoms with Crippen molar-refractivity contribution in [1.82, 2.24) is 0 Å². The summed E-state index contributed by atoms with van der Waals surface area (Å²) in [4.78, 5) is 0. The van der Waals surface area contributed by atoms with E-state index in [9.17, 15) is 0 Å². The van der Waals surface area contributed by atoms with Crippen LogP contribution in [0.25, 0.3) is 0 Å². The summed E-state index contributed by atoms with van der Waals surface area (Å²) in [5.74, 6) is 1.52. The number of anilines is 1. The molecular weight excluding hydrogens is 330 g/mol. The third-order valence-corrected chi connectivity index (χ3v) is 3.79. The van der Waals surface area contributed by atoms with Gasteiger partial charge in [0, 0.05) is 11.0 Å². The molecule has 0 saturated carbocycles. The number of hydrogen-bond donors (Lipinski definition) is 1. The summed E-state index contributed by atoms with van der Waals surface area (Å²) in [6.07, 6.45) is 0. The maximum atomic E-state index is 5.75. The second-order valence-corrected chi connectivity index (χ2v) is 5.72. The van der Waals surface area contributed by atoms with Crippen molar-refractivity contribution >= 4 is 21.6 Å². The smallest absolute Gasteiger partial charge is 0.161 e. The van der Waals surface area contributed by atoms with E-state index in [1.54, 1.807) is 7.11 Å². The Hall–Kier alpha value is -1.68. The van der Waals surface area contributed by atoms with Crippen molar-refractivity contribution in [1.29, 1.82) is 0 Å². The fourth-order valence-corrected chi connectivity index (χ4v) is 3.03. The van der Waals surface area contributed by atoms with E-state index in [0.717, 1.165) is 28.2 Å². The molecule has 2 aromatic carbocycles. The zero-order valence-electron chi connectivity index (χ0n) is 12.6. The molecule has 0 amide bonds. The largest absolute Gasteiger partial charge is 0.493 e. The first-order valence-corrected chi connectivity index (χ1v) is 7.67. The Balaban J connectivity index is 1.91. The number of aryl methyl sites for hydroxylation is 2. The summed E-state index contributed by atoms with van der Waals surface area (Å²) in [5.41, 5.74) is 3.58. The molecule has 2 rings (SSSR count). The SMILES string of the molecule is COc1ccccc1OCCNc1c(C)cc(C)cc1Br. The summed E-state index contributed by atoms with van der Waals surface area (Å²) in [5, 5.41) is 3.40. The Kier molecular flexibility index (Phi) is 5.51. The lowest BCUT2D eigenvalue weighted by Gasteiger charge is -2.14. The van der Waals surface area contributed by atoms with E-state index >= 15 is 0 Å². The first kappa shape index (κ1) is 15.7. The molecule has 0 spiro atoms. The lowest BCUT2D eigenvalue weighted by atomic mass is 10.1. The topological polar surface area (TPSA) is 30.5 Å². The minimum absolute atomic E-state index is 0.570. The van der Waals surface area contributed by atoms with Crippen molar-refractivity contribution < 1.29 is 9.47 Å². The Morgan fingerprint density at radius 1 is 1.10 bits per heavy atom. The van der Waals surface area contributed by atoms with Crippen LogP contribution in [0.5, 0.6) is 11.5 Å². The van der Waals surface area contributed by atoms with Crippen molar-refractivity contribution in [2.75, 3.05) is 25.6 Å². The number of benzene rings is 2. The third-order valence-electron chi connectivity index (χ3n) is 3.16. The highest BCUT2D eigenvalue weighted by Crippen LogP contribution is 2.28. The van der Waals surface area contributed by atoms with E-state index in [1.807, 2.05) is 24.3 Å². The molecule has 2 aromatic rings. The fraction of sp³-hybridized carbons (Fsp3) is 0.294. The van der Waals surface area contributed by atoms with Gasteiger partial charge < -0.3 is 14.8 Å². The summed E-state index contributed by atoms with van der Waals surface area (Å²) in [6.45, 7) is 5.48. The first-order chi connectivity index (χ1) is 10.1. The van der Waals surface area contributed by atoms with Gasteiger partial charge in [-0.2, -0.15) is 0 Å². The minimum Gasteiger partial charge on any atom is -0.493 e. The van der Waals surface area contributed by atoms with E-state index < -0.39 is 0 Å². The van der Waals surface area contributed by atoms with Gasteiger partial charge in [-0.25, -0.2) is 0 Å². The van der Waals surface area contributed by atoms with E-state index in [4.69, 9.17) is 9.47 Å². The van der Waals surface area contributed by atoms with Gasteiger partial charge in [-0.15, -0.1) is 0 Å². The van der Waals surface area contributed by atoms with Crippen molar-refractivity contribution in [2.45, 2.75) is 13.8 Å². The average molecular weight is 350 g/mol. The molecule has 0 bridgehead atoms. The van der Waals surface area contributed by atoms with Gasteiger partial charge in [-0.1, -0.05) is 18.2 Å². The van der Waals surface area contributed by atoms with Crippen molar-refractivity contribution in [3.05, 3.63) is 52.0 Å². The second-order valence-electron chi connectivity index (χ2n) is 4.86. The first-order valence-electron chi connectivity index (χ1n) is 6.88. The van der Waals surface area contributed by atoms with Gasteiger partial charge in [-0.3, -0.25) is 0 Å². The van der Waals surface area contributed by atoms with Crippen LogP contribution in [0.15, 0.2) is 40.9 Å². The molecule has 21 heavy (non-hydrogen) atoms. The summed E-state index contributed by atoms with van der Waals surface area (Å²) in [7, 11) is 1.65. The van der Waals surface area contributed by atoms with Gasteiger partial charge in [0.15, 0.2) is 11.5 Å². The third kappa shape index (κ3) is 4.14. The zero-order valence-corrected chi connectivity index (χ0v) is 14.2. The highest BCUT2D eigenvalue weighted by atomic mass is 79.9. The second kappa shape index (κ2) is 7.36. The highest BCUT2D eigenvalue weighted by molar-refractivity contribution is 9.10. The molecular formula is C17H20BrNO2. The van der Waals surface area contributed by atoms with Crippen LogP contribution in [0.3, 0.4) is 0 Å². The van der Waals surface area contributed by atoms with E-state index in [-0.39, 0.29) is 0 Å². The predicted molar refractivity (Wildman–Crippen MR) is 90.6 cm³/mol. The maximum Gasteiger partial charge on any atom is 0.161 e. The average Bonchev–Trinajstić information content (AvgIpc) is 2.45. The molecule has 0 fully saturated rings. The molecule has 0 heterocycles. The Morgan fingerprint density at radius 2 is 1.81 bits per heavy atom. The molecule has 0 radical (unpaired) electrons. The molecule has 1 N–H and O–H groups in total. The molecule has 0 atom stereocenters. The van der Waals surface area contributed by atoms with Crippen LogP contribution >= 0.6 is 15.9 Å².